The Morgan fingerprint density at radius 2 is 1.90 bits per heavy atom. The van der Waals surface area contributed by atoms with E-state index in [9.17, 15) is 4.79 Å². The second-order valence-corrected chi connectivity index (χ2v) is 10.5. The fourth-order valence-corrected chi connectivity index (χ4v) is 7.54. The number of carbonyl (C=O) groups excluding carboxylic acids is 1. The van der Waals surface area contributed by atoms with E-state index in [1.54, 1.807) is 5.57 Å². The van der Waals surface area contributed by atoms with Crippen LogP contribution in [0.2, 0.25) is 0 Å². The summed E-state index contributed by atoms with van der Waals surface area (Å²) in [5.41, 5.74) is 5.37. The Labute approximate surface area is 181 Å². The van der Waals surface area contributed by atoms with Gasteiger partial charge in [-0.25, -0.2) is 0 Å². The molecule has 0 aromatic carbocycles. The van der Waals surface area contributed by atoms with Crippen molar-refractivity contribution in [2.45, 2.75) is 71.8 Å². The number of esters is 1. The van der Waals surface area contributed by atoms with Crippen LogP contribution in [0.3, 0.4) is 0 Å². The zero-order chi connectivity index (χ0) is 21.1. The monoisotopic (exact) mass is 401 g/mol. The summed E-state index contributed by atoms with van der Waals surface area (Å²) in [5, 5.41) is 0. The lowest BCUT2D eigenvalue weighted by Gasteiger charge is -2.57. The van der Waals surface area contributed by atoms with E-state index in [4.69, 9.17) is 12.6 Å². The van der Waals surface area contributed by atoms with Crippen LogP contribution in [0.4, 0.5) is 0 Å². The highest BCUT2D eigenvalue weighted by molar-refractivity contribution is 6.30. The second-order valence-electron chi connectivity index (χ2n) is 10.5. The maximum Gasteiger partial charge on any atom is 0.302 e. The van der Waals surface area contributed by atoms with Crippen molar-refractivity contribution in [1.82, 2.24) is 4.98 Å². The number of pyridine rings is 1. The fourth-order valence-electron chi connectivity index (χ4n) is 7.54. The van der Waals surface area contributed by atoms with E-state index in [1.807, 2.05) is 12.3 Å². The Morgan fingerprint density at radius 3 is 2.63 bits per heavy atom. The van der Waals surface area contributed by atoms with Gasteiger partial charge in [-0.1, -0.05) is 43.7 Å². The molecule has 0 aliphatic heterocycles. The van der Waals surface area contributed by atoms with Gasteiger partial charge in [0.25, 0.3) is 0 Å². The Bertz CT molecular complexity index is 919. The normalized spacial score (nSPS) is 39.8. The molecule has 0 amide bonds. The number of fused-ring (bicyclic) bond motifs is 5. The van der Waals surface area contributed by atoms with Crippen LogP contribution in [-0.4, -0.2) is 24.9 Å². The third kappa shape index (κ3) is 3.01. The fraction of sp³-hybridized carbons (Fsp3) is 0.615. The average Bonchev–Trinajstić information content (AvgIpc) is 3.06. The summed E-state index contributed by atoms with van der Waals surface area (Å²) in [6, 6.07) is 4.07. The molecule has 2 fully saturated rings. The lowest BCUT2D eigenvalue weighted by Crippen LogP contribution is -2.50. The summed E-state index contributed by atoms with van der Waals surface area (Å²) in [7, 11) is 5.83. The molecule has 2 radical (unpaired) electrons. The molecule has 156 valence electrons. The van der Waals surface area contributed by atoms with E-state index in [2.05, 4.69) is 37.0 Å². The molecule has 1 aromatic heterocycles. The Hall–Kier alpha value is -1.84. The molecule has 1 heterocycles. The summed E-state index contributed by atoms with van der Waals surface area (Å²) in [5.74, 6) is 2.03. The van der Waals surface area contributed by atoms with Gasteiger partial charge in [-0.3, -0.25) is 9.78 Å². The summed E-state index contributed by atoms with van der Waals surface area (Å²) >= 11 is 0. The van der Waals surface area contributed by atoms with Crippen LogP contribution in [0, 0.1) is 28.6 Å². The zero-order valence-electron chi connectivity index (χ0n) is 18.5. The quantitative estimate of drug-likeness (QED) is 0.407. The van der Waals surface area contributed by atoms with Crippen molar-refractivity contribution in [3.05, 3.63) is 41.6 Å². The molecule has 2 saturated carbocycles. The molecule has 0 spiro atoms. The number of hydrogen-bond donors (Lipinski definition) is 0. The molecule has 30 heavy (non-hydrogen) atoms. The van der Waals surface area contributed by atoms with Crippen molar-refractivity contribution in [1.29, 1.82) is 0 Å². The van der Waals surface area contributed by atoms with E-state index in [0.29, 0.717) is 11.5 Å². The minimum atomic E-state index is -0.145. The number of nitrogens with zero attached hydrogens (tertiary/aromatic N) is 1. The summed E-state index contributed by atoms with van der Waals surface area (Å²) in [6.07, 6.45) is 15.0. The highest BCUT2D eigenvalue weighted by Gasteiger charge is 2.56. The van der Waals surface area contributed by atoms with Gasteiger partial charge in [0.2, 0.25) is 0 Å². The topological polar surface area (TPSA) is 39.2 Å². The Kier molecular flexibility index (Phi) is 4.76. The molecule has 0 saturated heterocycles. The minimum absolute atomic E-state index is 0.0741. The van der Waals surface area contributed by atoms with Gasteiger partial charge in [0.05, 0.1) is 0 Å². The van der Waals surface area contributed by atoms with Gasteiger partial charge in [-0.2, -0.15) is 0 Å². The first kappa shape index (κ1) is 20.1. The van der Waals surface area contributed by atoms with Gasteiger partial charge in [0.1, 0.15) is 14.0 Å². The van der Waals surface area contributed by atoms with Gasteiger partial charge < -0.3 is 4.74 Å². The molecule has 6 unspecified atom stereocenters. The summed E-state index contributed by atoms with van der Waals surface area (Å²) < 4.78 is 5.58. The van der Waals surface area contributed by atoms with Crippen LogP contribution in [0.5, 0.6) is 0 Å². The average molecular weight is 401 g/mol. The van der Waals surface area contributed by atoms with E-state index >= 15 is 0 Å². The number of ether oxygens (including phenoxy) is 1. The van der Waals surface area contributed by atoms with E-state index < -0.39 is 0 Å². The predicted octanol–water partition coefficient (Wildman–Crippen LogP) is 4.76. The van der Waals surface area contributed by atoms with Gasteiger partial charge in [0, 0.05) is 19.5 Å². The van der Waals surface area contributed by atoms with Crippen LogP contribution >= 0.6 is 0 Å². The van der Waals surface area contributed by atoms with Crippen LogP contribution < -0.4 is 5.59 Å². The zero-order valence-corrected chi connectivity index (χ0v) is 18.5. The smallest absolute Gasteiger partial charge is 0.302 e. The number of carbonyl (C=O) groups is 1. The van der Waals surface area contributed by atoms with Crippen molar-refractivity contribution in [3.8, 4) is 0 Å². The van der Waals surface area contributed by atoms with Crippen molar-refractivity contribution < 1.29 is 9.53 Å². The molecule has 6 atom stereocenters. The third-order valence-corrected chi connectivity index (χ3v) is 9.07. The molecule has 0 bridgehead atoms. The van der Waals surface area contributed by atoms with Gasteiger partial charge in [-0.05, 0) is 83.8 Å². The van der Waals surface area contributed by atoms with Gasteiger partial charge in [0.15, 0.2) is 0 Å². The van der Waals surface area contributed by atoms with Crippen molar-refractivity contribution in [3.63, 3.8) is 0 Å². The third-order valence-electron chi connectivity index (χ3n) is 9.07. The molecular weight excluding hydrogens is 369 g/mol. The van der Waals surface area contributed by atoms with Crippen LogP contribution in [0.25, 0.3) is 5.57 Å². The number of allylic oxidation sites excluding steroid dienone is 3. The van der Waals surface area contributed by atoms with E-state index in [1.165, 1.54) is 43.7 Å². The highest BCUT2D eigenvalue weighted by Crippen LogP contribution is 2.66. The molecule has 4 heteroatoms. The molecular formula is C26H32BNO2. The first-order valence-electron chi connectivity index (χ1n) is 11.6. The number of hydrogen-bond acceptors (Lipinski definition) is 3. The van der Waals surface area contributed by atoms with E-state index in [0.717, 1.165) is 31.1 Å². The van der Waals surface area contributed by atoms with Crippen LogP contribution in [0.15, 0.2) is 36.1 Å². The molecule has 0 N–H and O–H groups in total. The van der Waals surface area contributed by atoms with Crippen LogP contribution in [-0.2, 0) is 9.53 Å². The van der Waals surface area contributed by atoms with Gasteiger partial charge >= 0.3 is 5.97 Å². The van der Waals surface area contributed by atoms with Crippen molar-refractivity contribution in [2.75, 3.05) is 0 Å². The van der Waals surface area contributed by atoms with Crippen molar-refractivity contribution in [2.24, 2.45) is 28.6 Å². The van der Waals surface area contributed by atoms with Crippen LogP contribution in [0.1, 0.15) is 71.3 Å². The largest absolute Gasteiger partial charge is 0.462 e. The molecule has 4 aliphatic rings. The van der Waals surface area contributed by atoms with Crippen molar-refractivity contribution >= 4 is 25.0 Å². The standard InChI is InChI=1S/C26H32BNO2/c1-16(29)30-19-10-12-25(2)18(14-19)5-6-20-22-8-7-21(17-4-9-24(27)28-15-17)26(22,3)13-11-23(20)25/h4-5,7,9,15,19-20,22-23H,6,8,10-14H2,1-3H3. The first-order valence-corrected chi connectivity index (χ1v) is 11.6. The predicted molar refractivity (Wildman–Crippen MR) is 120 cm³/mol. The number of rotatable bonds is 2. The maximum absolute atomic E-state index is 11.4. The SMILES string of the molecule is [B]c1ccc(C2=CCC3C4CC=C5CC(OC(C)=O)CCC5(C)C4CCC23C)cn1. The highest BCUT2D eigenvalue weighted by atomic mass is 16.5. The lowest BCUT2D eigenvalue weighted by molar-refractivity contribution is -0.148. The second kappa shape index (κ2) is 7.10. The molecule has 1 aromatic rings. The molecule has 3 nitrogen and oxygen atoms in total. The molecule has 4 aliphatic carbocycles. The number of aromatic nitrogens is 1. The Morgan fingerprint density at radius 1 is 1.10 bits per heavy atom. The summed E-state index contributed by atoms with van der Waals surface area (Å²) in [4.78, 5) is 15.8. The minimum Gasteiger partial charge on any atom is -0.462 e. The molecule has 5 rings (SSSR count). The lowest BCUT2D eigenvalue weighted by atomic mass is 9.47. The summed E-state index contributed by atoms with van der Waals surface area (Å²) in [6.45, 7) is 6.51. The maximum atomic E-state index is 11.4. The van der Waals surface area contributed by atoms with Gasteiger partial charge in [-0.15, -0.1) is 0 Å². The van der Waals surface area contributed by atoms with E-state index in [-0.39, 0.29) is 22.9 Å². The Balaban J connectivity index is 1.40. The first-order chi connectivity index (χ1) is 14.3.